The van der Waals surface area contributed by atoms with Crippen LogP contribution in [-0.4, -0.2) is 51.5 Å². The van der Waals surface area contributed by atoms with Gasteiger partial charge < -0.3 is 14.5 Å². The Hall–Kier alpha value is -4.24. The van der Waals surface area contributed by atoms with Gasteiger partial charge in [-0.15, -0.1) is 0 Å². The van der Waals surface area contributed by atoms with Crippen LogP contribution in [0.4, 0.5) is 10.2 Å². The van der Waals surface area contributed by atoms with Gasteiger partial charge in [0.15, 0.2) is 5.65 Å². The van der Waals surface area contributed by atoms with Crippen molar-refractivity contribution in [3.05, 3.63) is 94.1 Å². The highest BCUT2D eigenvalue weighted by Crippen LogP contribution is 2.34. The second kappa shape index (κ2) is 11.2. The number of aromatic nitrogens is 3. The molecule has 1 fully saturated rings. The lowest BCUT2D eigenvalue weighted by atomic mass is 10.1. The maximum absolute atomic E-state index is 13.8. The monoisotopic (exact) mass is 547 g/mol. The Balaban J connectivity index is 1.68. The van der Waals surface area contributed by atoms with Crippen LogP contribution >= 0.6 is 11.6 Å². The van der Waals surface area contributed by atoms with Gasteiger partial charge >= 0.3 is 5.69 Å². The first-order valence-electron chi connectivity index (χ1n) is 12.7. The second-order valence-corrected chi connectivity index (χ2v) is 9.56. The number of pyridine rings is 1. The molecule has 5 rings (SSSR count). The summed E-state index contributed by atoms with van der Waals surface area (Å²) in [5.41, 5.74) is 1.45. The van der Waals surface area contributed by atoms with Crippen LogP contribution in [0, 0.1) is 5.82 Å². The lowest BCUT2D eigenvalue weighted by Crippen LogP contribution is -2.49. The molecule has 0 spiro atoms. The van der Waals surface area contributed by atoms with Gasteiger partial charge in [0, 0.05) is 32.2 Å². The van der Waals surface area contributed by atoms with E-state index in [0.717, 1.165) is 18.4 Å². The number of para-hydroxylation sites is 1. The molecule has 0 N–H and O–H groups in total. The minimum absolute atomic E-state index is 0.0365. The lowest BCUT2D eigenvalue weighted by molar-refractivity contribution is -0.126. The highest BCUT2D eigenvalue weighted by atomic mass is 35.5. The number of piperazine rings is 1. The summed E-state index contributed by atoms with van der Waals surface area (Å²) < 4.78 is 21.1. The molecule has 0 unspecified atom stereocenters. The minimum atomic E-state index is -0.503. The molecule has 0 atom stereocenters. The van der Waals surface area contributed by atoms with E-state index in [1.54, 1.807) is 17.0 Å². The fourth-order valence-corrected chi connectivity index (χ4v) is 4.93. The molecule has 0 saturated carbocycles. The summed E-state index contributed by atoms with van der Waals surface area (Å²) in [6, 6.07) is 14.9. The Kier molecular flexibility index (Phi) is 7.60. The van der Waals surface area contributed by atoms with Gasteiger partial charge in [0.05, 0.1) is 11.1 Å². The topological polar surface area (TPSA) is 80.6 Å². The van der Waals surface area contributed by atoms with Gasteiger partial charge in [0.2, 0.25) is 11.8 Å². The van der Waals surface area contributed by atoms with Gasteiger partial charge in [-0.05, 0) is 42.3 Å². The van der Waals surface area contributed by atoms with E-state index < -0.39 is 11.5 Å². The van der Waals surface area contributed by atoms with E-state index in [0.29, 0.717) is 48.7 Å². The van der Waals surface area contributed by atoms with E-state index in [2.05, 4.69) is 18.5 Å². The Morgan fingerprint density at radius 1 is 1.10 bits per heavy atom. The molecule has 2 aromatic carbocycles. The Bertz CT molecular complexity index is 1610. The molecule has 1 aliphatic rings. The van der Waals surface area contributed by atoms with Crippen molar-refractivity contribution < 1.29 is 13.9 Å². The summed E-state index contributed by atoms with van der Waals surface area (Å²) in [6.45, 7) is 7.48. The summed E-state index contributed by atoms with van der Waals surface area (Å²) >= 11 is 6.63. The first kappa shape index (κ1) is 26.4. The molecule has 200 valence electrons. The number of amides is 1. The molecule has 0 radical (unpaired) electrons. The first-order chi connectivity index (χ1) is 18.9. The van der Waals surface area contributed by atoms with Gasteiger partial charge in [0.25, 0.3) is 0 Å². The summed E-state index contributed by atoms with van der Waals surface area (Å²) in [5, 5.41) is 0.739. The van der Waals surface area contributed by atoms with Crippen molar-refractivity contribution in [2.24, 2.45) is 0 Å². The zero-order valence-electron chi connectivity index (χ0n) is 21.4. The van der Waals surface area contributed by atoms with Crippen molar-refractivity contribution >= 4 is 34.4 Å². The van der Waals surface area contributed by atoms with Crippen molar-refractivity contribution in [3.63, 3.8) is 0 Å². The number of carbonyl (C=O) groups excluding carboxylic acids is 1. The fourth-order valence-electron chi connectivity index (χ4n) is 4.74. The van der Waals surface area contributed by atoms with Crippen LogP contribution < -0.4 is 15.3 Å². The van der Waals surface area contributed by atoms with Gasteiger partial charge in [-0.25, -0.2) is 13.8 Å². The number of benzene rings is 2. The minimum Gasteiger partial charge on any atom is -0.437 e. The normalized spacial score (nSPS) is 13.5. The first-order valence-corrected chi connectivity index (χ1v) is 13.1. The maximum Gasteiger partial charge on any atom is 0.355 e. The van der Waals surface area contributed by atoms with Crippen molar-refractivity contribution in [1.29, 1.82) is 0 Å². The van der Waals surface area contributed by atoms with Gasteiger partial charge in [-0.3, -0.25) is 4.79 Å². The van der Waals surface area contributed by atoms with Crippen LogP contribution in [0.3, 0.4) is 0 Å². The van der Waals surface area contributed by atoms with E-state index in [4.69, 9.17) is 21.3 Å². The van der Waals surface area contributed by atoms with E-state index in [-0.39, 0.29) is 22.6 Å². The van der Waals surface area contributed by atoms with E-state index in [1.165, 1.54) is 28.8 Å². The second-order valence-electron chi connectivity index (χ2n) is 9.15. The molecule has 0 bridgehead atoms. The number of hydrogen-bond donors (Lipinski definition) is 0. The molecule has 1 saturated heterocycles. The molecule has 1 aliphatic heterocycles. The number of nitrogens with zero attached hydrogens (tertiary/aromatic N) is 5. The van der Waals surface area contributed by atoms with E-state index in [9.17, 15) is 14.0 Å². The Morgan fingerprint density at radius 3 is 2.59 bits per heavy atom. The highest BCUT2D eigenvalue weighted by molar-refractivity contribution is 6.32. The van der Waals surface area contributed by atoms with Crippen LogP contribution in [0.2, 0.25) is 5.02 Å². The van der Waals surface area contributed by atoms with E-state index in [1.807, 2.05) is 29.2 Å². The van der Waals surface area contributed by atoms with Crippen molar-refractivity contribution in [3.8, 4) is 17.3 Å². The van der Waals surface area contributed by atoms with Crippen LogP contribution in [0.5, 0.6) is 11.6 Å². The summed E-state index contributed by atoms with van der Waals surface area (Å²) in [7, 11) is 0. The number of ether oxygens (including phenoxy) is 1. The average molecular weight is 548 g/mol. The number of aryl methyl sites for hydroxylation is 1. The molecule has 0 aliphatic carbocycles. The summed E-state index contributed by atoms with van der Waals surface area (Å²) in [5.74, 6) is 0.0852. The van der Waals surface area contributed by atoms with E-state index >= 15 is 0 Å². The van der Waals surface area contributed by atoms with Crippen LogP contribution in [0.25, 0.3) is 16.7 Å². The third-order valence-electron chi connectivity index (χ3n) is 6.60. The molecule has 1 amide bonds. The number of hydrogen-bond acceptors (Lipinski definition) is 6. The van der Waals surface area contributed by atoms with Gasteiger partial charge in [-0.1, -0.05) is 55.8 Å². The molecule has 39 heavy (non-hydrogen) atoms. The molecule has 4 aromatic rings. The zero-order valence-corrected chi connectivity index (χ0v) is 22.2. The number of rotatable bonds is 7. The molecule has 8 nitrogen and oxygen atoms in total. The van der Waals surface area contributed by atoms with Crippen molar-refractivity contribution in [2.75, 3.05) is 31.1 Å². The van der Waals surface area contributed by atoms with Crippen molar-refractivity contribution in [2.45, 2.75) is 19.8 Å². The lowest BCUT2D eigenvalue weighted by Gasteiger charge is -2.35. The highest BCUT2D eigenvalue weighted by Gasteiger charge is 2.25. The molecule has 10 heteroatoms. The number of fused-ring (bicyclic) bond motifs is 1. The Labute approximate surface area is 229 Å². The summed E-state index contributed by atoms with van der Waals surface area (Å²) in [6.07, 6.45) is 2.93. The van der Waals surface area contributed by atoms with Crippen molar-refractivity contribution in [1.82, 2.24) is 19.4 Å². The van der Waals surface area contributed by atoms with Crippen LogP contribution in [0.15, 0.2) is 72.0 Å². The standard InChI is InChI=1S/C29H27ClFN5O3/c1-3-8-19-9-5-6-12-24(19)36-27-22(18-23(30)28(32-27)39-21-11-7-10-20(31)17-21)26(33-29(36)38)35-15-13-34(14-16-35)25(37)4-2/h4-7,9-12,17-18H,2-3,8,13-16H2,1H3. The predicted molar refractivity (Wildman–Crippen MR) is 150 cm³/mol. The number of anilines is 1. The number of halogens is 2. The zero-order chi connectivity index (χ0) is 27.5. The molecular formula is C29H27ClFN5O3. The fraction of sp³-hybridized carbons (Fsp3) is 0.241. The molecule has 3 heterocycles. The van der Waals surface area contributed by atoms with Crippen LogP contribution in [0.1, 0.15) is 18.9 Å². The number of carbonyl (C=O) groups is 1. The smallest absolute Gasteiger partial charge is 0.355 e. The maximum atomic E-state index is 13.8. The molecule has 2 aromatic heterocycles. The van der Waals surface area contributed by atoms with Crippen LogP contribution in [-0.2, 0) is 11.2 Å². The largest absolute Gasteiger partial charge is 0.437 e. The summed E-state index contributed by atoms with van der Waals surface area (Å²) in [4.78, 5) is 38.5. The van der Waals surface area contributed by atoms with Gasteiger partial charge in [0.1, 0.15) is 22.4 Å². The third kappa shape index (κ3) is 5.35. The van der Waals surface area contributed by atoms with Gasteiger partial charge in [-0.2, -0.15) is 9.97 Å². The Morgan fingerprint density at radius 2 is 1.87 bits per heavy atom. The quantitative estimate of drug-likeness (QED) is 0.298. The average Bonchev–Trinajstić information content (AvgIpc) is 2.94. The molecular weight excluding hydrogens is 521 g/mol. The predicted octanol–water partition coefficient (Wildman–Crippen LogP) is 5.15. The third-order valence-corrected chi connectivity index (χ3v) is 6.87. The SMILES string of the molecule is C=CC(=O)N1CCN(c2nc(=O)n(-c3ccccc3CCC)c3nc(Oc4cccc(F)c4)c(Cl)cc23)CC1.